The average Bonchev–Trinajstić information content (AvgIpc) is 3.19. The molecule has 0 amide bonds. The Labute approximate surface area is 130 Å². The number of sulfonamides is 1. The molecule has 3 rings (SSSR count). The Morgan fingerprint density at radius 1 is 1.48 bits per heavy atom. The van der Waals surface area contributed by atoms with Crippen LogP contribution in [0, 0.1) is 6.92 Å². The van der Waals surface area contributed by atoms with Gasteiger partial charge in [-0.15, -0.1) is 11.3 Å². The van der Waals surface area contributed by atoms with E-state index in [1.54, 1.807) is 4.31 Å². The zero-order chi connectivity index (χ0) is 15.0. The van der Waals surface area contributed by atoms with Crippen molar-refractivity contribution in [1.82, 2.24) is 9.62 Å². The number of thiophene rings is 1. The lowest BCUT2D eigenvalue weighted by atomic mass is 10.3. The monoisotopic (exact) mass is 330 g/mol. The molecule has 21 heavy (non-hydrogen) atoms. The molecule has 1 aliphatic carbocycles. The Hall–Kier alpha value is -0.470. The van der Waals surface area contributed by atoms with Gasteiger partial charge in [0.15, 0.2) is 0 Å². The standard InChI is InChI=1S/C14H22N2O3S2/c1-10-9-20-13(7-15-12-3-4-12)14(10)21(17,18)16-5-6-19-11(2)8-16/h9,11-12,15H,3-8H2,1-2H3. The smallest absolute Gasteiger partial charge is 0.244 e. The molecule has 7 heteroatoms. The summed E-state index contributed by atoms with van der Waals surface area (Å²) in [6.07, 6.45) is 2.36. The van der Waals surface area contributed by atoms with Crippen LogP contribution in [0.1, 0.15) is 30.2 Å². The summed E-state index contributed by atoms with van der Waals surface area (Å²) in [5.41, 5.74) is 0.853. The largest absolute Gasteiger partial charge is 0.376 e. The number of nitrogens with one attached hydrogen (secondary N) is 1. The van der Waals surface area contributed by atoms with Crippen molar-refractivity contribution in [2.24, 2.45) is 0 Å². The molecule has 118 valence electrons. The van der Waals surface area contributed by atoms with E-state index >= 15 is 0 Å². The van der Waals surface area contributed by atoms with Gasteiger partial charge in [-0.25, -0.2) is 8.42 Å². The summed E-state index contributed by atoms with van der Waals surface area (Å²) in [5.74, 6) is 0. The molecule has 2 fully saturated rings. The number of aryl methyl sites for hydroxylation is 1. The minimum absolute atomic E-state index is 0.0412. The van der Waals surface area contributed by atoms with Crippen molar-refractivity contribution in [3.8, 4) is 0 Å². The summed E-state index contributed by atoms with van der Waals surface area (Å²) in [6.45, 7) is 5.80. The molecular weight excluding hydrogens is 308 g/mol. The van der Waals surface area contributed by atoms with Crippen LogP contribution in [0.15, 0.2) is 10.3 Å². The lowest BCUT2D eigenvalue weighted by Gasteiger charge is -2.30. The maximum Gasteiger partial charge on any atom is 0.244 e. The van der Waals surface area contributed by atoms with Crippen molar-refractivity contribution >= 4 is 21.4 Å². The number of nitrogens with zero attached hydrogens (tertiary/aromatic N) is 1. The Kier molecular flexibility index (Phi) is 4.38. The first-order chi connectivity index (χ1) is 9.98. The van der Waals surface area contributed by atoms with E-state index in [-0.39, 0.29) is 6.10 Å². The molecule has 1 aliphatic heterocycles. The summed E-state index contributed by atoms with van der Waals surface area (Å²) in [5, 5.41) is 5.36. The van der Waals surface area contributed by atoms with Crippen molar-refractivity contribution in [2.75, 3.05) is 19.7 Å². The summed E-state index contributed by atoms with van der Waals surface area (Å²) < 4.78 is 32.9. The molecule has 1 aromatic heterocycles. The molecule has 0 spiro atoms. The van der Waals surface area contributed by atoms with Crippen LogP contribution in [0.5, 0.6) is 0 Å². The minimum Gasteiger partial charge on any atom is -0.376 e. The molecule has 0 aromatic carbocycles. The van der Waals surface area contributed by atoms with Crippen LogP contribution >= 0.6 is 11.3 Å². The highest BCUT2D eigenvalue weighted by Gasteiger charge is 2.33. The second-order valence-corrected chi connectivity index (χ2v) is 8.71. The zero-order valence-electron chi connectivity index (χ0n) is 12.5. The van der Waals surface area contributed by atoms with Crippen molar-refractivity contribution in [3.05, 3.63) is 15.8 Å². The molecular formula is C14H22N2O3S2. The maximum absolute atomic E-state index is 12.9. The maximum atomic E-state index is 12.9. The van der Waals surface area contributed by atoms with E-state index in [9.17, 15) is 8.42 Å². The second-order valence-electron chi connectivity index (χ2n) is 5.87. The highest BCUT2D eigenvalue weighted by Crippen LogP contribution is 2.31. The Morgan fingerprint density at radius 3 is 2.90 bits per heavy atom. The molecule has 2 heterocycles. The van der Waals surface area contributed by atoms with Gasteiger partial charge in [0.05, 0.1) is 12.7 Å². The molecule has 0 bridgehead atoms. The number of morpholine rings is 1. The van der Waals surface area contributed by atoms with E-state index in [1.807, 2.05) is 19.2 Å². The fraction of sp³-hybridized carbons (Fsp3) is 0.714. The Morgan fingerprint density at radius 2 is 2.24 bits per heavy atom. The van der Waals surface area contributed by atoms with Gasteiger partial charge in [0.1, 0.15) is 4.90 Å². The third-order valence-corrected chi connectivity index (χ3v) is 7.25. The normalized spacial score (nSPS) is 24.4. The predicted molar refractivity (Wildman–Crippen MR) is 83.1 cm³/mol. The van der Waals surface area contributed by atoms with Crippen LogP contribution in [0.4, 0.5) is 0 Å². The van der Waals surface area contributed by atoms with Gasteiger partial charge >= 0.3 is 0 Å². The van der Waals surface area contributed by atoms with Gasteiger partial charge in [-0.2, -0.15) is 4.31 Å². The van der Waals surface area contributed by atoms with Gasteiger partial charge in [-0.3, -0.25) is 0 Å². The second kappa shape index (κ2) is 5.96. The summed E-state index contributed by atoms with van der Waals surface area (Å²) in [4.78, 5) is 1.44. The third kappa shape index (κ3) is 3.32. The van der Waals surface area contributed by atoms with Crippen molar-refractivity contribution in [3.63, 3.8) is 0 Å². The van der Waals surface area contributed by atoms with Crippen molar-refractivity contribution in [1.29, 1.82) is 0 Å². The Balaban J connectivity index is 1.84. The highest BCUT2D eigenvalue weighted by molar-refractivity contribution is 7.89. The first kappa shape index (κ1) is 15.4. The van der Waals surface area contributed by atoms with E-state index < -0.39 is 10.0 Å². The molecule has 5 nitrogen and oxygen atoms in total. The van der Waals surface area contributed by atoms with E-state index in [0.29, 0.717) is 37.2 Å². The van der Waals surface area contributed by atoms with Crippen LogP contribution in [-0.2, 0) is 21.3 Å². The van der Waals surface area contributed by atoms with Gasteiger partial charge in [0, 0.05) is 30.6 Å². The number of ether oxygens (including phenoxy) is 1. The number of rotatable bonds is 5. The van der Waals surface area contributed by atoms with Crippen LogP contribution in [0.2, 0.25) is 0 Å². The van der Waals surface area contributed by atoms with Crippen LogP contribution in [0.3, 0.4) is 0 Å². The van der Waals surface area contributed by atoms with E-state index in [2.05, 4.69) is 5.32 Å². The van der Waals surface area contributed by atoms with Gasteiger partial charge in [-0.1, -0.05) is 0 Å². The van der Waals surface area contributed by atoms with Crippen LogP contribution in [-0.4, -0.2) is 44.6 Å². The fourth-order valence-corrected chi connectivity index (χ4v) is 5.83. The zero-order valence-corrected chi connectivity index (χ0v) is 14.1. The summed E-state index contributed by atoms with van der Waals surface area (Å²) >= 11 is 1.54. The van der Waals surface area contributed by atoms with Gasteiger partial charge in [-0.05, 0) is 37.6 Å². The highest BCUT2D eigenvalue weighted by atomic mass is 32.2. The van der Waals surface area contributed by atoms with E-state index in [4.69, 9.17) is 4.74 Å². The summed E-state index contributed by atoms with van der Waals surface area (Å²) in [7, 11) is -3.42. The fourth-order valence-electron chi connectivity index (χ4n) is 2.61. The third-order valence-electron chi connectivity index (χ3n) is 3.92. The number of hydrogen-bond donors (Lipinski definition) is 1. The van der Waals surface area contributed by atoms with Crippen LogP contribution < -0.4 is 5.32 Å². The predicted octanol–water partition coefficient (Wildman–Crippen LogP) is 1.72. The molecule has 1 aromatic rings. The van der Waals surface area contributed by atoms with Gasteiger partial charge in [0.2, 0.25) is 10.0 Å². The van der Waals surface area contributed by atoms with Crippen LogP contribution in [0.25, 0.3) is 0 Å². The molecule has 2 aliphatic rings. The van der Waals surface area contributed by atoms with Crippen molar-refractivity contribution < 1.29 is 13.2 Å². The molecule has 1 unspecified atom stereocenters. The molecule has 1 atom stereocenters. The molecule has 1 N–H and O–H groups in total. The lowest BCUT2D eigenvalue weighted by Crippen LogP contribution is -2.44. The SMILES string of the molecule is Cc1csc(CNC2CC2)c1S(=O)(=O)N1CCOC(C)C1. The van der Waals surface area contributed by atoms with Gasteiger partial charge < -0.3 is 10.1 Å². The Bertz CT molecular complexity index is 608. The summed E-state index contributed by atoms with van der Waals surface area (Å²) in [6, 6.07) is 0.575. The molecule has 0 radical (unpaired) electrons. The topological polar surface area (TPSA) is 58.6 Å². The first-order valence-electron chi connectivity index (χ1n) is 7.40. The van der Waals surface area contributed by atoms with E-state index in [0.717, 1.165) is 10.4 Å². The average molecular weight is 330 g/mol. The molecule has 1 saturated carbocycles. The number of hydrogen-bond acceptors (Lipinski definition) is 5. The minimum atomic E-state index is -3.42. The van der Waals surface area contributed by atoms with E-state index in [1.165, 1.54) is 24.2 Å². The lowest BCUT2D eigenvalue weighted by molar-refractivity contribution is 0.0101. The first-order valence-corrected chi connectivity index (χ1v) is 9.72. The van der Waals surface area contributed by atoms with Gasteiger partial charge in [0.25, 0.3) is 0 Å². The quantitative estimate of drug-likeness (QED) is 0.893. The molecule has 1 saturated heterocycles. The van der Waals surface area contributed by atoms with Crippen molar-refractivity contribution in [2.45, 2.75) is 50.3 Å².